The first-order chi connectivity index (χ1) is 18.1. The second-order valence-corrected chi connectivity index (χ2v) is 9.22. The third kappa shape index (κ3) is 4.22. The summed E-state index contributed by atoms with van der Waals surface area (Å²) in [7, 11) is 1.69. The predicted molar refractivity (Wildman–Crippen MR) is 144 cm³/mol. The number of ether oxygens (including phenoxy) is 1. The third-order valence-corrected chi connectivity index (χ3v) is 6.82. The van der Waals surface area contributed by atoms with Crippen LogP contribution in [0.2, 0.25) is 0 Å². The van der Waals surface area contributed by atoms with Gasteiger partial charge in [0.05, 0.1) is 35.6 Å². The van der Waals surface area contributed by atoms with E-state index in [-0.39, 0.29) is 0 Å². The van der Waals surface area contributed by atoms with Crippen LogP contribution in [0.25, 0.3) is 33.1 Å². The molecule has 0 radical (unpaired) electrons. The van der Waals surface area contributed by atoms with Gasteiger partial charge in [0.25, 0.3) is 0 Å². The number of pyridine rings is 2. The number of hydrogen-bond donors (Lipinski definition) is 0. The van der Waals surface area contributed by atoms with Gasteiger partial charge >= 0.3 is 0 Å². The van der Waals surface area contributed by atoms with Gasteiger partial charge in [-0.25, -0.2) is 4.98 Å². The molecule has 0 unspecified atom stereocenters. The van der Waals surface area contributed by atoms with Crippen molar-refractivity contribution in [2.45, 2.75) is 33.2 Å². The molecule has 0 bridgehead atoms. The Balaban J connectivity index is 1.54. The maximum Gasteiger partial charge on any atom is 0.141 e. The molecule has 37 heavy (non-hydrogen) atoms. The number of aryl methyl sites for hydroxylation is 4. The quantitative estimate of drug-likeness (QED) is 0.270. The van der Waals surface area contributed by atoms with Crippen molar-refractivity contribution in [2.24, 2.45) is 0 Å². The summed E-state index contributed by atoms with van der Waals surface area (Å²) in [5, 5.41) is 5.14. The van der Waals surface area contributed by atoms with E-state index < -0.39 is 0 Å². The average Bonchev–Trinajstić information content (AvgIpc) is 3.46. The van der Waals surface area contributed by atoms with Crippen molar-refractivity contribution in [3.8, 4) is 16.9 Å². The van der Waals surface area contributed by atoms with Gasteiger partial charge < -0.3 is 13.8 Å². The molecule has 0 aliphatic carbocycles. The van der Waals surface area contributed by atoms with Gasteiger partial charge in [-0.1, -0.05) is 41.6 Å². The Kier molecular flexibility index (Phi) is 5.88. The monoisotopic (exact) mass is 489 g/mol. The Bertz CT molecular complexity index is 1690. The van der Waals surface area contributed by atoms with Crippen LogP contribution in [-0.4, -0.2) is 31.8 Å². The van der Waals surface area contributed by atoms with Gasteiger partial charge in [0.1, 0.15) is 22.9 Å². The van der Waals surface area contributed by atoms with Crippen LogP contribution < -0.4 is 4.74 Å². The van der Waals surface area contributed by atoms with Crippen LogP contribution in [0.5, 0.6) is 5.75 Å². The fourth-order valence-corrected chi connectivity index (χ4v) is 5.05. The number of fused-ring (bicyclic) bond motifs is 3. The Hall–Kier alpha value is -4.52. The van der Waals surface area contributed by atoms with Gasteiger partial charge in [0.15, 0.2) is 0 Å². The molecule has 0 fully saturated rings. The normalized spacial score (nSPS) is 11.4. The molecule has 0 saturated heterocycles. The van der Waals surface area contributed by atoms with Gasteiger partial charge in [-0.3, -0.25) is 9.97 Å². The van der Waals surface area contributed by atoms with Gasteiger partial charge in [0.2, 0.25) is 0 Å². The maximum absolute atomic E-state index is 5.87. The minimum Gasteiger partial charge on any atom is -0.496 e. The molecule has 0 spiro atoms. The van der Waals surface area contributed by atoms with Gasteiger partial charge in [-0.15, -0.1) is 0 Å². The van der Waals surface area contributed by atoms with E-state index >= 15 is 0 Å². The molecule has 184 valence electrons. The summed E-state index contributed by atoms with van der Waals surface area (Å²) in [5.41, 5.74) is 7.89. The topological polar surface area (TPSA) is 78.9 Å². The minimum absolute atomic E-state index is 0.715. The molecule has 4 heterocycles. The summed E-state index contributed by atoms with van der Waals surface area (Å²) in [6, 6.07) is 18.7. The highest BCUT2D eigenvalue weighted by atomic mass is 16.5. The van der Waals surface area contributed by atoms with Crippen LogP contribution >= 0.6 is 0 Å². The molecule has 0 saturated carbocycles. The lowest BCUT2D eigenvalue weighted by Gasteiger charge is -2.13. The van der Waals surface area contributed by atoms with Crippen LogP contribution in [0.4, 0.5) is 0 Å². The fraction of sp³-hybridized carbons (Fsp3) is 0.200. The first-order valence-electron chi connectivity index (χ1n) is 12.3. The van der Waals surface area contributed by atoms with Crippen LogP contribution in [0, 0.1) is 13.8 Å². The molecule has 0 amide bonds. The highest BCUT2D eigenvalue weighted by Crippen LogP contribution is 2.39. The van der Waals surface area contributed by atoms with E-state index in [2.05, 4.69) is 57.2 Å². The zero-order valence-corrected chi connectivity index (χ0v) is 21.1. The molecule has 6 aromatic rings. The van der Waals surface area contributed by atoms with E-state index in [4.69, 9.17) is 19.2 Å². The maximum atomic E-state index is 5.87. The van der Waals surface area contributed by atoms with Gasteiger partial charge in [-0.2, -0.15) is 0 Å². The molecule has 0 atom stereocenters. The number of imidazole rings is 1. The molecular weight excluding hydrogens is 462 g/mol. The zero-order chi connectivity index (χ0) is 25.4. The van der Waals surface area contributed by atoms with Crippen LogP contribution in [0.15, 0.2) is 77.7 Å². The minimum atomic E-state index is 0.715. The number of nitrogens with zero attached hydrogens (tertiary/aromatic N) is 5. The Morgan fingerprint density at radius 2 is 1.76 bits per heavy atom. The van der Waals surface area contributed by atoms with E-state index in [1.165, 1.54) is 11.1 Å². The molecule has 7 nitrogen and oxygen atoms in total. The van der Waals surface area contributed by atoms with Crippen LogP contribution in [-0.2, 0) is 19.4 Å². The first-order valence-corrected chi connectivity index (χ1v) is 12.3. The van der Waals surface area contributed by atoms with Crippen molar-refractivity contribution in [1.82, 2.24) is 24.7 Å². The number of aromatic nitrogens is 5. The number of rotatable bonds is 7. The molecule has 4 aromatic heterocycles. The van der Waals surface area contributed by atoms with Crippen LogP contribution in [0.3, 0.4) is 0 Å². The summed E-state index contributed by atoms with van der Waals surface area (Å²) in [6.45, 7) is 4.57. The lowest BCUT2D eigenvalue weighted by atomic mass is 10.0. The van der Waals surface area contributed by atoms with Gasteiger partial charge in [-0.05, 0) is 49.6 Å². The summed E-state index contributed by atoms with van der Waals surface area (Å²) >= 11 is 0. The van der Waals surface area contributed by atoms with Crippen molar-refractivity contribution in [3.63, 3.8) is 0 Å². The van der Waals surface area contributed by atoms with Crippen molar-refractivity contribution in [3.05, 3.63) is 102 Å². The highest BCUT2D eigenvalue weighted by Gasteiger charge is 2.20. The van der Waals surface area contributed by atoms with E-state index in [9.17, 15) is 0 Å². The molecule has 0 aliphatic rings. The lowest BCUT2D eigenvalue weighted by Crippen LogP contribution is -2.07. The van der Waals surface area contributed by atoms with Crippen molar-refractivity contribution < 1.29 is 9.26 Å². The highest BCUT2D eigenvalue weighted by molar-refractivity contribution is 6.05. The molecule has 2 aromatic carbocycles. The predicted octanol–water partition coefficient (Wildman–Crippen LogP) is 6.09. The van der Waals surface area contributed by atoms with Gasteiger partial charge in [0, 0.05) is 36.3 Å². The molecule has 6 rings (SSSR count). The zero-order valence-electron chi connectivity index (χ0n) is 21.1. The first kappa shape index (κ1) is 22.9. The standard InChI is InChI=1S/C30H27N5O2/c1-19-29(20(2)37-34-19)24-14-25-23(15-27(24)36-3)30-26(17-32-25)33-28(12-11-21-10-7-13-31-16-21)35(30)18-22-8-5-4-6-9-22/h4-10,13-17H,11-12,18H2,1-3H3. The van der Waals surface area contributed by atoms with Crippen molar-refractivity contribution >= 4 is 21.9 Å². The number of benzene rings is 2. The summed E-state index contributed by atoms with van der Waals surface area (Å²) in [5.74, 6) is 2.52. The second-order valence-electron chi connectivity index (χ2n) is 9.22. The Morgan fingerprint density at radius 3 is 2.49 bits per heavy atom. The summed E-state index contributed by atoms with van der Waals surface area (Å²) in [6.07, 6.45) is 7.24. The Morgan fingerprint density at radius 1 is 0.919 bits per heavy atom. The van der Waals surface area contributed by atoms with E-state index in [1.807, 2.05) is 38.4 Å². The third-order valence-electron chi connectivity index (χ3n) is 6.82. The van der Waals surface area contributed by atoms with Crippen molar-refractivity contribution in [2.75, 3.05) is 7.11 Å². The molecule has 7 heteroatoms. The molecule has 0 N–H and O–H groups in total. The largest absolute Gasteiger partial charge is 0.496 e. The SMILES string of the molecule is COc1cc2c(cc1-c1c(C)noc1C)ncc1nc(CCc3cccnc3)n(Cc3ccccc3)c12. The van der Waals surface area contributed by atoms with Crippen LogP contribution in [0.1, 0.15) is 28.4 Å². The fourth-order valence-electron chi connectivity index (χ4n) is 5.05. The molecular formula is C30H27N5O2. The summed E-state index contributed by atoms with van der Waals surface area (Å²) in [4.78, 5) is 14.1. The molecule has 0 aliphatic heterocycles. The van der Waals surface area contributed by atoms with E-state index in [0.29, 0.717) is 6.54 Å². The average molecular weight is 490 g/mol. The smallest absolute Gasteiger partial charge is 0.141 e. The lowest BCUT2D eigenvalue weighted by molar-refractivity contribution is 0.393. The Labute approximate surface area is 214 Å². The van der Waals surface area contributed by atoms with E-state index in [1.54, 1.807) is 13.3 Å². The van der Waals surface area contributed by atoms with E-state index in [0.717, 1.165) is 68.9 Å². The number of methoxy groups -OCH3 is 1. The van der Waals surface area contributed by atoms with Crippen molar-refractivity contribution in [1.29, 1.82) is 0 Å². The number of hydrogen-bond acceptors (Lipinski definition) is 6. The second kappa shape index (κ2) is 9.50. The summed E-state index contributed by atoms with van der Waals surface area (Å²) < 4.78 is 13.6.